The molecule has 3 aromatic rings. The van der Waals surface area contributed by atoms with Crippen molar-refractivity contribution in [1.29, 1.82) is 0 Å². The maximum atomic E-state index is 13.4. The van der Waals surface area contributed by atoms with E-state index in [0.717, 1.165) is 42.1 Å². The van der Waals surface area contributed by atoms with Crippen LogP contribution in [0.1, 0.15) is 48.7 Å². The Morgan fingerprint density at radius 2 is 2.03 bits per heavy atom. The van der Waals surface area contributed by atoms with Crippen LogP contribution in [0.5, 0.6) is 0 Å². The average molecular weight is 394 g/mol. The lowest BCUT2D eigenvalue weighted by molar-refractivity contribution is 0.0623. The predicted molar refractivity (Wildman–Crippen MR) is 114 cm³/mol. The lowest BCUT2D eigenvalue weighted by Crippen LogP contribution is -2.46. The number of carbonyl (C=O) groups excluding carboxylic acids is 1. The van der Waals surface area contributed by atoms with E-state index < -0.39 is 0 Å². The van der Waals surface area contributed by atoms with Gasteiger partial charge in [-0.1, -0.05) is 30.3 Å². The van der Waals surface area contributed by atoms with Crippen LogP contribution in [-0.4, -0.2) is 34.4 Å². The number of hydrogen-bond acceptors (Lipinski definition) is 2. The number of benzene rings is 2. The zero-order valence-corrected chi connectivity index (χ0v) is 16.8. The van der Waals surface area contributed by atoms with E-state index in [1.54, 1.807) is 12.1 Å². The van der Waals surface area contributed by atoms with Crippen molar-refractivity contribution in [3.05, 3.63) is 71.7 Å². The first kappa shape index (κ1) is 19.6. The van der Waals surface area contributed by atoms with Gasteiger partial charge in [0.05, 0.1) is 0 Å². The molecule has 5 heteroatoms. The highest BCUT2D eigenvalue weighted by Gasteiger charge is 2.29. The molecule has 0 saturated heterocycles. The number of amides is 1. The summed E-state index contributed by atoms with van der Waals surface area (Å²) in [7, 11) is 0. The molecule has 152 valence electrons. The summed E-state index contributed by atoms with van der Waals surface area (Å²) in [5.41, 5.74) is 2.60. The summed E-state index contributed by atoms with van der Waals surface area (Å²) in [6, 6.07) is 17.2. The Bertz CT molecular complexity index is 950. The normalized spacial score (nSPS) is 19.4. The van der Waals surface area contributed by atoms with E-state index in [9.17, 15) is 9.18 Å². The van der Waals surface area contributed by atoms with E-state index in [1.165, 1.54) is 6.07 Å². The molecule has 0 spiro atoms. The van der Waals surface area contributed by atoms with Crippen molar-refractivity contribution in [3.63, 3.8) is 0 Å². The second-order valence-electron chi connectivity index (χ2n) is 7.89. The zero-order chi connectivity index (χ0) is 20.2. The molecule has 1 heterocycles. The van der Waals surface area contributed by atoms with Gasteiger partial charge < -0.3 is 15.2 Å². The van der Waals surface area contributed by atoms with Gasteiger partial charge in [0.2, 0.25) is 0 Å². The van der Waals surface area contributed by atoms with Gasteiger partial charge in [0, 0.05) is 36.1 Å². The lowest BCUT2D eigenvalue weighted by Gasteiger charge is -2.37. The molecule has 4 nitrogen and oxygen atoms in total. The highest BCUT2D eigenvalue weighted by atomic mass is 19.1. The maximum absolute atomic E-state index is 13.4. The van der Waals surface area contributed by atoms with Gasteiger partial charge in [-0.05, 0) is 62.4 Å². The molecule has 2 aromatic carbocycles. The molecule has 1 aromatic heterocycles. The molecule has 1 amide bonds. The molecule has 0 radical (unpaired) electrons. The molecule has 2 N–H and O–H groups in total. The average Bonchev–Trinajstić information content (AvgIpc) is 3.17. The monoisotopic (exact) mass is 393 g/mol. The minimum Gasteiger partial charge on any atom is -0.351 e. The van der Waals surface area contributed by atoms with Crippen LogP contribution in [0.25, 0.3) is 10.9 Å². The van der Waals surface area contributed by atoms with Crippen molar-refractivity contribution in [2.45, 2.75) is 51.2 Å². The number of para-hydroxylation sites is 1. The number of hydrogen-bond donors (Lipinski definition) is 2. The maximum Gasteiger partial charge on any atom is 0.270 e. The van der Waals surface area contributed by atoms with Gasteiger partial charge in [-0.3, -0.25) is 4.79 Å². The van der Waals surface area contributed by atoms with Crippen LogP contribution in [0.4, 0.5) is 4.39 Å². The van der Waals surface area contributed by atoms with Crippen LogP contribution < -0.4 is 5.32 Å². The molecule has 0 bridgehead atoms. The molecular weight excluding hydrogens is 365 g/mol. The number of fused-ring (bicyclic) bond motifs is 1. The smallest absolute Gasteiger partial charge is 0.270 e. The summed E-state index contributed by atoms with van der Waals surface area (Å²) in [6.45, 7) is 3.39. The predicted octanol–water partition coefficient (Wildman–Crippen LogP) is 4.87. The second kappa shape index (κ2) is 8.78. The summed E-state index contributed by atoms with van der Waals surface area (Å²) in [6.07, 6.45) is 4.12. The van der Waals surface area contributed by atoms with Gasteiger partial charge in [0.1, 0.15) is 11.5 Å². The molecule has 1 fully saturated rings. The fraction of sp³-hybridized carbons (Fsp3) is 0.375. The quantitative estimate of drug-likeness (QED) is 0.628. The molecule has 1 saturated carbocycles. The Kier molecular flexibility index (Phi) is 5.95. The van der Waals surface area contributed by atoms with E-state index in [1.807, 2.05) is 48.2 Å². The van der Waals surface area contributed by atoms with Crippen molar-refractivity contribution in [2.24, 2.45) is 0 Å². The Morgan fingerprint density at radius 1 is 1.17 bits per heavy atom. The zero-order valence-electron chi connectivity index (χ0n) is 16.8. The van der Waals surface area contributed by atoms with Gasteiger partial charge in [-0.2, -0.15) is 0 Å². The summed E-state index contributed by atoms with van der Waals surface area (Å²) in [5, 5.41) is 4.62. The third kappa shape index (κ3) is 4.51. The molecular formula is C24H28FN3O. The third-order valence-electron chi connectivity index (χ3n) is 5.93. The van der Waals surface area contributed by atoms with Crippen LogP contribution in [0.15, 0.2) is 54.6 Å². The fourth-order valence-electron chi connectivity index (χ4n) is 4.45. The number of nitrogens with zero attached hydrogens (tertiary/aromatic N) is 1. The first-order valence-electron chi connectivity index (χ1n) is 10.5. The van der Waals surface area contributed by atoms with E-state index in [4.69, 9.17) is 0 Å². The number of carbonyl (C=O) groups is 1. The van der Waals surface area contributed by atoms with Gasteiger partial charge in [0.15, 0.2) is 0 Å². The first-order valence-corrected chi connectivity index (χ1v) is 10.5. The van der Waals surface area contributed by atoms with Crippen LogP contribution in [0.2, 0.25) is 0 Å². The molecule has 0 aliphatic heterocycles. The SMILES string of the molecule is CCN(C(=O)c1cc2ccccc2[nH]1)[C@H]1CCC[C@H](NCc2cccc(F)c2)C1. The van der Waals surface area contributed by atoms with Crippen LogP contribution in [0, 0.1) is 5.82 Å². The molecule has 1 aliphatic rings. The number of nitrogens with one attached hydrogen (secondary N) is 2. The number of aromatic amines is 1. The number of halogens is 1. The molecule has 0 unspecified atom stereocenters. The number of aromatic nitrogens is 1. The van der Waals surface area contributed by atoms with Crippen LogP contribution >= 0.6 is 0 Å². The van der Waals surface area contributed by atoms with E-state index in [0.29, 0.717) is 24.8 Å². The minimum absolute atomic E-state index is 0.0690. The Labute approximate surface area is 171 Å². The molecule has 1 aliphatic carbocycles. The van der Waals surface area contributed by atoms with Gasteiger partial charge in [-0.25, -0.2) is 4.39 Å². The van der Waals surface area contributed by atoms with Crippen molar-refractivity contribution < 1.29 is 9.18 Å². The highest BCUT2D eigenvalue weighted by molar-refractivity contribution is 5.98. The van der Waals surface area contributed by atoms with Gasteiger partial charge in [-0.15, -0.1) is 0 Å². The summed E-state index contributed by atoms with van der Waals surface area (Å²) < 4.78 is 13.4. The van der Waals surface area contributed by atoms with Gasteiger partial charge in [0.25, 0.3) is 5.91 Å². The van der Waals surface area contributed by atoms with Crippen molar-refractivity contribution >= 4 is 16.8 Å². The fourth-order valence-corrected chi connectivity index (χ4v) is 4.45. The largest absolute Gasteiger partial charge is 0.351 e. The van der Waals surface area contributed by atoms with Crippen LogP contribution in [0.3, 0.4) is 0 Å². The number of H-pyrrole nitrogens is 1. The Balaban J connectivity index is 1.42. The topological polar surface area (TPSA) is 48.1 Å². The second-order valence-corrected chi connectivity index (χ2v) is 7.89. The van der Waals surface area contributed by atoms with Crippen LogP contribution in [-0.2, 0) is 6.54 Å². The number of rotatable bonds is 6. The third-order valence-corrected chi connectivity index (χ3v) is 5.93. The summed E-state index contributed by atoms with van der Waals surface area (Å²) >= 11 is 0. The summed E-state index contributed by atoms with van der Waals surface area (Å²) in [5.74, 6) is -0.133. The minimum atomic E-state index is -0.202. The Hall–Kier alpha value is -2.66. The lowest BCUT2D eigenvalue weighted by atomic mass is 9.89. The van der Waals surface area contributed by atoms with Gasteiger partial charge >= 0.3 is 0 Å². The van der Waals surface area contributed by atoms with E-state index >= 15 is 0 Å². The van der Waals surface area contributed by atoms with E-state index in [2.05, 4.69) is 10.3 Å². The molecule has 4 rings (SSSR count). The molecule has 2 atom stereocenters. The molecule has 29 heavy (non-hydrogen) atoms. The standard InChI is InChI=1S/C24H28FN3O/c1-2-28(24(29)23-14-18-8-3-4-12-22(18)27-23)21-11-6-10-20(15-21)26-16-17-7-5-9-19(25)13-17/h3-5,7-9,12-14,20-21,26-27H,2,6,10-11,15-16H2,1H3/t20-,21-/m0/s1. The van der Waals surface area contributed by atoms with Crippen molar-refractivity contribution in [2.75, 3.05) is 6.54 Å². The highest BCUT2D eigenvalue weighted by Crippen LogP contribution is 2.26. The van der Waals surface area contributed by atoms with Crippen molar-refractivity contribution in [1.82, 2.24) is 15.2 Å². The van der Waals surface area contributed by atoms with E-state index in [-0.39, 0.29) is 17.8 Å². The Morgan fingerprint density at radius 3 is 2.83 bits per heavy atom. The van der Waals surface area contributed by atoms with Crippen molar-refractivity contribution in [3.8, 4) is 0 Å². The first-order chi connectivity index (χ1) is 14.1. The summed E-state index contributed by atoms with van der Waals surface area (Å²) in [4.78, 5) is 18.5.